The van der Waals surface area contributed by atoms with Crippen LogP contribution in [0.2, 0.25) is 0 Å². The van der Waals surface area contributed by atoms with Gasteiger partial charge in [0.25, 0.3) is 10.0 Å². The lowest BCUT2D eigenvalue weighted by Crippen LogP contribution is -2.17. The van der Waals surface area contributed by atoms with E-state index in [0.29, 0.717) is 27.5 Å². The Morgan fingerprint density at radius 1 is 0.826 bits per heavy atom. The second kappa shape index (κ2) is 6.24. The van der Waals surface area contributed by atoms with Gasteiger partial charge in [-0.05, 0) is 69.0 Å². The molecule has 5 heteroatoms. The van der Waals surface area contributed by atoms with Crippen LogP contribution in [0, 0.1) is 34.6 Å². The highest BCUT2D eigenvalue weighted by atomic mass is 32.2. The fourth-order valence-corrected chi connectivity index (χ4v) is 4.64. The summed E-state index contributed by atoms with van der Waals surface area (Å²) < 4.78 is 33.7. The number of rotatable bonds is 4. The number of sulfonamides is 1. The molecular weight excluding hydrogens is 310 g/mol. The molecule has 4 nitrogen and oxygen atoms in total. The van der Waals surface area contributed by atoms with Gasteiger partial charge in [0, 0.05) is 0 Å². The van der Waals surface area contributed by atoms with E-state index in [0.717, 1.165) is 16.7 Å². The molecule has 0 aliphatic carbocycles. The van der Waals surface area contributed by atoms with Crippen molar-refractivity contribution in [1.29, 1.82) is 0 Å². The van der Waals surface area contributed by atoms with Crippen LogP contribution in [0.3, 0.4) is 0 Å². The van der Waals surface area contributed by atoms with Gasteiger partial charge in [0.15, 0.2) is 0 Å². The van der Waals surface area contributed by atoms with Crippen LogP contribution < -0.4 is 9.46 Å². The molecule has 0 radical (unpaired) electrons. The van der Waals surface area contributed by atoms with Gasteiger partial charge in [-0.25, -0.2) is 8.42 Å². The van der Waals surface area contributed by atoms with Crippen molar-refractivity contribution in [3.05, 3.63) is 52.1 Å². The number of hydrogen-bond acceptors (Lipinski definition) is 3. The van der Waals surface area contributed by atoms with Crippen LogP contribution in [0.1, 0.15) is 27.8 Å². The fourth-order valence-electron chi connectivity index (χ4n) is 2.98. The Hall–Kier alpha value is -2.01. The quantitative estimate of drug-likeness (QED) is 0.919. The highest BCUT2D eigenvalue weighted by Crippen LogP contribution is 2.30. The Morgan fingerprint density at radius 2 is 1.30 bits per heavy atom. The third-order valence-corrected chi connectivity index (χ3v) is 5.51. The molecule has 0 fully saturated rings. The number of aryl methyl sites for hydroxylation is 5. The van der Waals surface area contributed by atoms with E-state index in [-0.39, 0.29) is 0 Å². The van der Waals surface area contributed by atoms with E-state index in [9.17, 15) is 8.42 Å². The van der Waals surface area contributed by atoms with E-state index in [1.54, 1.807) is 33.1 Å². The number of ether oxygens (including phenoxy) is 1. The highest BCUT2D eigenvalue weighted by Gasteiger charge is 2.22. The van der Waals surface area contributed by atoms with Gasteiger partial charge in [-0.3, -0.25) is 4.72 Å². The summed E-state index contributed by atoms with van der Waals surface area (Å²) in [5, 5.41) is 0. The van der Waals surface area contributed by atoms with Crippen LogP contribution in [0.15, 0.2) is 29.2 Å². The van der Waals surface area contributed by atoms with E-state index in [2.05, 4.69) is 4.72 Å². The molecule has 124 valence electrons. The average Bonchev–Trinajstić information content (AvgIpc) is 2.41. The second-order valence-electron chi connectivity index (χ2n) is 5.97. The van der Waals surface area contributed by atoms with Gasteiger partial charge in [0.1, 0.15) is 5.75 Å². The molecule has 2 aromatic carbocycles. The Labute approximate surface area is 138 Å². The predicted octanol–water partition coefficient (Wildman–Crippen LogP) is 4.04. The number of benzene rings is 2. The maximum Gasteiger partial charge on any atom is 0.262 e. The lowest BCUT2D eigenvalue weighted by Gasteiger charge is -2.17. The van der Waals surface area contributed by atoms with Crippen LogP contribution in [0.25, 0.3) is 0 Å². The molecule has 2 rings (SSSR count). The minimum absolute atomic E-state index is 0.303. The zero-order chi connectivity index (χ0) is 17.4. The molecule has 23 heavy (non-hydrogen) atoms. The molecule has 0 saturated heterocycles. The summed E-state index contributed by atoms with van der Waals surface area (Å²) in [6.45, 7) is 9.37. The number of nitrogens with one attached hydrogen (secondary N) is 1. The van der Waals surface area contributed by atoms with Crippen molar-refractivity contribution < 1.29 is 13.2 Å². The van der Waals surface area contributed by atoms with Crippen molar-refractivity contribution in [3.63, 3.8) is 0 Å². The Morgan fingerprint density at radius 3 is 1.74 bits per heavy atom. The Kier molecular flexibility index (Phi) is 4.71. The van der Waals surface area contributed by atoms with Gasteiger partial charge in [-0.1, -0.05) is 17.7 Å². The maximum absolute atomic E-state index is 12.9. The van der Waals surface area contributed by atoms with E-state index in [4.69, 9.17) is 4.74 Å². The van der Waals surface area contributed by atoms with Crippen LogP contribution in [-0.2, 0) is 10.0 Å². The maximum atomic E-state index is 12.9. The average molecular weight is 333 g/mol. The first-order chi connectivity index (χ1) is 10.7. The molecule has 0 atom stereocenters. The van der Waals surface area contributed by atoms with Gasteiger partial charge < -0.3 is 4.74 Å². The van der Waals surface area contributed by atoms with Crippen LogP contribution in [-0.4, -0.2) is 15.5 Å². The predicted molar refractivity (Wildman–Crippen MR) is 93.9 cm³/mol. The summed E-state index contributed by atoms with van der Waals surface area (Å²) in [7, 11) is -2.09. The van der Waals surface area contributed by atoms with Crippen molar-refractivity contribution in [3.8, 4) is 5.75 Å². The minimum atomic E-state index is -3.66. The molecule has 0 aliphatic heterocycles. The molecule has 0 bridgehead atoms. The SMILES string of the molecule is COc1cc(C)c(S(=O)(=O)Nc2c(C)cc(C)cc2C)c(C)c1. The van der Waals surface area contributed by atoms with E-state index in [1.807, 2.05) is 32.9 Å². The molecular formula is C18H23NO3S. The minimum Gasteiger partial charge on any atom is -0.497 e. The lowest BCUT2D eigenvalue weighted by atomic mass is 10.1. The Bertz CT molecular complexity index is 809. The molecule has 0 heterocycles. The monoisotopic (exact) mass is 333 g/mol. The Balaban J connectivity index is 2.53. The molecule has 1 N–H and O–H groups in total. The van der Waals surface area contributed by atoms with Gasteiger partial charge in [0.2, 0.25) is 0 Å². The van der Waals surface area contributed by atoms with Crippen LogP contribution in [0.4, 0.5) is 5.69 Å². The molecule has 0 spiro atoms. The molecule has 0 aromatic heterocycles. The van der Waals surface area contributed by atoms with Gasteiger partial charge in [0.05, 0.1) is 17.7 Å². The molecule has 0 saturated carbocycles. The molecule has 0 amide bonds. The molecule has 0 aliphatic rings. The topological polar surface area (TPSA) is 55.4 Å². The fraction of sp³-hybridized carbons (Fsp3) is 0.333. The zero-order valence-electron chi connectivity index (χ0n) is 14.4. The van der Waals surface area contributed by atoms with Crippen molar-refractivity contribution in [2.45, 2.75) is 39.5 Å². The van der Waals surface area contributed by atoms with E-state index < -0.39 is 10.0 Å². The van der Waals surface area contributed by atoms with E-state index >= 15 is 0 Å². The number of hydrogen-bond donors (Lipinski definition) is 1. The van der Waals surface area contributed by atoms with Crippen molar-refractivity contribution in [2.75, 3.05) is 11.8 Å². The summed E-state index contributed by atoms with van der Waals surface area (Å²) in [6.07, 6.45) is 0. The smallest absolute Gasteiger partial charge is 0.262 e. The molecule has 0 unspecified atom stereocenters. The summed E-state index contributed by atoms with van der Waals surface area (Å²) in [5.74, 6) is 0.654. The van der Waals surface area contributed by atoms with Gasteiger partial charge in [-0.15, -0.1) is 0 Å². The lowest BCUT2D eigenvalue weighted by molar-refractivity contribution is 0.413. The normalized spacial score (nSPS) is 11.4. The van der Waals surface area contributed by atoms with Crippen molar-refractivity contribution in [2.24, 2.45) is 0 Å². The standard InChI is InChI=1S/C18H23NO3S/c1-11-7-12(2)17(13(3)8-11)19-23(20,21)18-14(4)9-16(22-6)10-15(18)5/h7-10,19H,1-6H3. The number of anilines is 1. The highest BCUT2D eigenvalue weighted by molar-refractivity contribution is 7.92. The van der Waals surface area contributed by atoms with E-state index in [1.165, 1.54) is 0 Å². The number of methoxy groups -OCH3 is 1. The third kappa shape index (κ3) is 3.50. The third-order valence-electron chi connectivity index (χ3n) is 3.85. The van der Waals surface area contributed by atoms with Crippen molar-refractivity contribution >= 4 is 15.7 Å². The largest absolute Gasteiger partial charge is 0.497 e. The van der Waals surface area contributed by atoms with Gasteiger partial charge in [-0.2, -0.15) is 0 Å². The second-order valence-corrected chi connectivity index (χ2v) is 7.59. The summed E-state index contributed by atoms with van der Waals surface area (Å²) in [5.41, 5.74) is 4.91. The van der Waals surface area contributed by atoms with Crippen molar-refractivity contribution in [1.82, 2.24) is 0 Å². The van der Waals surface area contributed by atoms with Crippen LogP contribution in [0.5, 0.6) is 5.75 Å². The summed E-state index contributed by atoms with van der Waals surface area (Å²) in [6, 6.07) is 7.41. The van der Waals surface area contributed by atoms with Gasteiger partial charge >= 0.3 is 0 Å². The first-order valence-corrected chi connectivity index (χ1v) is 8.90. The first kappa shape index (κ1) is 17.3. The zero-order valence-corrected chi connectivity index (χ0v) is 15.3. The van der Waals surface area contributed by atoms with Crippen LogP contribution >= 0.6 is 0 Å². The summed E-state index contributed by atoms with van der Waals surface area (Å²) >= 11 is 0. The summed E-state index contributed by atoms with van der Waals surface area (Å²) in [4.78, 5) is 0.303. The first-order valence-electron chi connectivity index (χ1n) is 7.41. The molecule has 2 aromatic rings.